The summed E-state index contributed by atoms with van der Waals surface area (Å²) in [5, 5.41) is 12.2. The smallest absolute Gasteiger partial charge is 0.295 e. The third-order valence-electron chi connectivity index (χ3n) is 6.80. The van der Waals surface area contributed by atoms with E-state index in [1.54, 1.807) is 11.1 Å². The molecular formula is C27H28N2O4. The predicted octanol–water partition coefficient (Wildman–Crippen LogP) is 5.32. The molecule has 3 aromatic rings. The number of H-pyrrole nitrogens is 1. The molecule has 1 saturated carbocycles. The first-order chi connectivity index (χ1) is 16.1. The van der Waals surface area contributed by atoms with Crippen molar-refractivity contribution in [1.29, 1.82) is 0 Å². The van der Waals surface area contributed by atoms with Crippen LogP contribution in [0.4, 0.5) is 0 Å². The number of rotatable bonds is 5. The zero-order valence-electron chi connectivity index (χ0n) is 18.7. The number of nitrogens with one attached hydrogen (secondary N) is 1. The highest BCUT2D eigenvalue weighted by Crippen LogP contribution is 2.44. The number of aromatic amines is 1. The summed E-state index contributed by atoms with van der Waals surface area (Å²) in [5.74, 6) is -0.556. The molecule has 2 heterocycles. The number of carbonyl (C=O) groups is 2. The molecule has 0 spiro atoms. The highest BCUT2D eigenvalue weighted by Gasteiger charge is 2.49. The first kappa shape index (κ1) is 21.3. The number of fused-ring (bicyclic) bond motifs is 1. The lowest BCUT2D eigenvalue weighted by molar-refractivity contribution is -0.141. The lowest BCUT2D eigenvalue weighted by Gasteiger charge is -2.35. The summed E-state index contributed by atoms with van der Waals surface area (Å²) in [5.41, 5.74) is 2.34. The second-order valence-corrected chi connectivity index (χ2v) is 8.75. The van der Waals surface area contributed by atoms with Gasteiger partial charge in [0.1, 0.15) is 11.5 Å². The fourth-order valence-electron chi connectivity index (χ4n) is 5.24. The Kier molecular flexibility index (Phi) is 5.67. The number of ether oxygens (including phenoxy) is 1. The number of likely N-dealkylation sites (tertiary alicyclic amines) is 1. The molecule has 2 aliphatic rings. The van der Waals surface area contributed by atoms with Crippen LogP contribution < -0.4 is 4.74 Å². The number of aromatic nitrogens is 1. The standard InChI is InChI=1S/C27H28N2O4/c1-2-33-19-14-12-17(13-15-19)24-23(25(30)21-16-28-22-11-7-6-10-20(21)22)26(31)27(32)29(24)18-8-4-3-5-9-18/h6-7,10-16,18,24,28,30H,2-5,8-9H2,1H3/b25-23-. The number of aliphatic hydroxyl groups is 1. The van der Waals surface area contributed by atoms with Crippen LogP contribution in [0, 0.1) is 0 Å². The van der Waals surface area contributed by atoms with Crippen molar-refractivity contribution in [2.45, 2.75) is 51.1 Å². The molecule has 2 aromatic carbocycles. The summed E-state index contributed by atoms with van der Waals surface area (Å²) >= 11 is 0. The van der Waals surface area contributed by atoms with Gasteiger partial charge < -0.3 is 19.7 Å². The zero-order valence-corrected chi connectivity index (χ0v) is 18.7. The van der Waals surface area contributed by atoms with Crippen LogP contribution in [0.2, 0.25) is 0 Å². The van der Waals surface area contributed by atoms with E-state index < -0.39 is 17.7 Å². The number of ketones is 1. The normalized spacial score (nSPS) is 21.1. The van der Waals surface area contributed by atoms with E-state index in [9.17, 15) is 14.7 Å². The molecule has 1 aromatic heterocycles. The van der Waals surface area contributed by atoms with Gasteiger partial charge in [0.15, 0.2) is 0 Å². The Morgan fingerprint density at radius 1 is 1.06 bits per heavy atom. The van der Waals surface area contributed by atoms with Crippen molar-refractivity contribution in [2.24, 2.45) is 0 Å². The fraction of sp³-hybridized carbons (Fsp3) is 0.333. The molecule has 1 saturated heterocycles. The van der Waals surface area contributed by atoms with Gasteiger partial charge in [-0.1, -0.05) is 49.6 Å². The van der Waals surface area contributed by atoms with Crippen molar-refractivity contribution in [2.75, 3.05) is 6.61 Å². The minimum atomic E-state index is -0.627. The van der Waals surface area contributed by atoms with E-state index in [0.29, 0.717) is 12.2 Å². The maximum absolute atomic E-state index is 13.3. The Morgan fingerprint density at radius 2 is 1.79 bits per heavy atom. The van der Waals surface area contributed by atoms with Crippen LogP contribution in [0.1, 0.15) is 56.2 Å². The molecule has 1 aliphatic heterocycles. The van der Waals surface area contributed by atoms with Crippen LogP contribution in [0.3, 0.4) is 0 Å². The lowest BCUT2D eigenvalue weighted by atomic mass is 9.91. The second kappa shape index (κ2) is 8.77. The van der Waals surface area contributed by atoms with Crippen molar-refractivity contribution in [3.8, 4) is 5.75 Å². The molecule has 1 aliphatic carbocycles. The van der Waals surface area contributed by atoms with Gasteiger partial charge in [-0.05, 0) is 43.5 Å². The lowest BCUT2D eigenvalue weighted by Crippen LogP contribution is -2.40. The van der Waals surface area contributed by atoms with E-state index in [4.69, 9.17) is 4.74 Å². The van der Waals surface area contributed by atoms with Gasteiger partial charge in [0.25, 0.3) is 11.7 Å². The molecule has 1 amide bonds. The van der Waals surface area contributed by atoms with Gasteiger partial charge in [-0.15, -0.1) is 0 Å². The highest BCUT2D eigenvalue weighted by atomic mass is 16.5. The molecule has 170 valence electrons. The summed E-state index contributed by atoms with van der Waals surface area (Å²) in [6.45, 7) is 2.48. The number of carbonyl (C=O) groups excluding carboxylic acids is 2. The zero-order chi connectivity index (χ0) is 22.9. The van der Waals surface area contributed by atoms with Crippen LogP contribution in [0.5, 0.6) is 5.75 Å². The Labute approximate surface area is 192 Å². The van der Waals surface area contributed by atoms with E-state index in [1.807, 2.05) is 55.5 Å². The van der Waals surface area contributed by atoms with E-state index in [-0.39, 0.29) is 17.4 Å². The summed E-state index contributed by atoms with van der Waals surface area (Å²) < 4.78 is 5.58. The summed E-state index contributed by atoms with van der Waals surface area (Å²) in [6.07, 6.45) is 6.65. The number of hydrogen-bond donors (Lipinski definition) is 2. The van der Waals surface area contributed by atoms with Crippen molar-refractivity contribution in [3.63, 3.8) is 0 Å². The molecule has 2 N–H and O–H groups in total. The summed E-state index contributed by atoms with van der Waals surface area (Å²) in [6, 6.07) is 14.4. The number of nitrogens with zero attached hydrogens (tertiary/aromatic N) is 1. The van der Waals surface area contributed by atoms with Crippen LogP contribution in [0.15, 0.2) is 60.3 Å². The molecular weight excluding hydrogens is 416 g/mol. The average molecular weight is 445 g/mol. The van der Waals surface area contributed by atoms with Gasteiger partial charge >= 0.3 is 0 Å². The van der Waals surface area contributed by atoms with Crippen LogP contribution in [-0.4, -0.2) is 39.3 Å². The van der Waals surface area contributed by atoms with Gasteiger partial charge in [-0.25, -0.2) is 0 Å². The maximum atomic E-state index is 13.3. The molecule has 33 heavy (non-hydrogen) atoms. The first-order valence-corrected chi connectivity index (χ1v) is 11.7. The largest absolute Gasteiger partial charge is 0.507 e. The van der Waals surface area contributed by atoms with E-state index in [0.717, 1.165) is 54.3 Å². The van der Waals surface area contributed by atoms with Gasteiger partial charge in [-0.3, -0.25) is 9.59 Å². The van der Waals surface area contributed by atoms with Gasteiger partial charge in [0.05, 0.1) is 18.2 Å². The van der Waals surface area contributed by atoms with Crippen molar-refractivity contribution >= 4 is 28.4 Å². The molecule has 5 rings (SSSR count). The molecule has 0 bridgehead atoms. The van der Waals surface area contributed by atoms with Crippen LogP contribution in [-0.2, 0) is 9.59 Å². The average Bonchev–Trinajstić information content (AvgIpc) is 3.39. The topological polar surface area (TPSA) is 82.6 Å². The third kappa shape index (κ3) is 3.69. The van der Waals surface area contributed by atoms with Gasteiger partial charge in [0, 0.05) is 28.7 Å². The number of hydrogen-bond acceptors (Lipinski definition) is 4. The predicted molar refractivity (Wildman–Crippen MR) is 127 cm³/mol. The Hall–Kier alpha value is -3.54. The van der Waals surface area contributed by atoms with Gasteiger partial charge in [0.2, 0.25) is 0 Å². The minimum Gasteiger partial charge on any atom is -0.507 e. The van der Waals surface area contributed by atoms with Crippen LogP contribution >= 0.6 is 0 Å². The minimum absolute atomic E-state index is 0.0139. The quantitative estimate of drug-likeness (QED) is 0.317. The molecule has 1 unspecified atom stereocenters. The molecule has 6 nitrogen and oxygen atoms in total. The Morgan fingerprint density at radius 3 is 2.52 bits per heavy atom. The molecule has 1 atom stereocenters. The first-order valence-electron chi connectivity index (χ1n) is 11.7. The Balaban J connectivity index is 1.66. The van der Waals surface area contributed by atoms with E-state index in [1.165, 1.54) is 0 Å². The van der Waals surface area contributed by atoms with E-state index >= 15 is 0 Å². The molecule has 0 radical (unpaired) electrons. The van der Waals surface area contributed by atoms with Crippen molar-refractivity contribution < 1.29 is 19.4 Å². The highest BCUT2D eigenvalue weighted by molar-refractivity contribution is 6.46. The number of Topliss-reactive ketones (excluding diaryl/α,β-unsaturated/α-hetero) is 1. The van der Waals surface area contributed by atoms with Gasteiger partial charge in [-0.2, -0.15) is 0 Å². The number of aliphatic hydroxyl groups excluding tert-OH is 1. The third-order valence-corrected chi connectivity index (χ3v) is 6.80. The SMILES string of the molecule is CCOc1ccc(C2/C(=C(/O)c3c[nH]c4ccccc34)C(=O)C(=O)N2C2CCCCC2)cc1. The number of benzene rings is 2. The van der Waals surface area contributed by atoms with Crippen molar-refractivity contribution in [3.05, 3.63) is 71.4 Å². The number of amides is 1. The Bertz CT molecular complexity index is 1220. The molecule has 2 fully saturated rings. The summed E-state index contributed by atoms with van der Waals surface area (Å²) in [4.78, 5) is 31.5. The number of para-hydroxylation sites is 1. The van der Waals surface area contributed by atoms with Crippen molar-refractivity contribution in [1.82, 2.24) is 9.88 Å². The fourth-order valence-corrected chi connectivity index (χ4v) is 5.24. The molecule has 6 heteroatoms. The summed E-state index contributed by atoms with van der Waals surface area (Å²) in [7, 11) is 0. The maximum Gasteiger partial charge on any atom is 0.295 e. The second-order valence-electron chi connectivity index (χ2n) is 8.75. The van der Waals surface area contributed by atoms with E-state index in [2.05, 4.69) is 4.98 Å². The van der Waals surface area contributed by atoms with Crippen LogP contribution in [0.25, 0.3) is 16.7 Å². The monoisotopic (exact) mass is 444 g/mol.